The van der Waals surface area contributed by atoms with Crippen molar-refractivity contribution in [1.29, 1.82) is 0 Å². The Kier molecular flexibility index (Phi) is 6.55. The van der Waals surface area contributed by atoms with Crippen LogP contribution in [0.2, 0.25) is 0 Å². The van der Waals surface area contributed by atoms with E-state index < -0.39 is 11.7 Å². The lowest BCUT2D eigenvalue weighted by atomic mass is 10.1. The predicted molar refractivity (Wildman–Crippen MR) is 102 cm³/mol. The molecular weight excluding hydrogens is 406 g/mol. The quantitative estimate of drug-likeness (QED) is 0.750. The lowest BCUT2D eigenvalue weighted by Gasteiger charge is -2.19. The van der Waals surface area contributed by atoms with Gasteiger partial charge in [-0.2, -0.15) is 0 Å². The number of aromatic nitrogens is 1. The highest BCUT2D eigenvalue weighted by Gasteiger charge is 2.15. The van der Waals surface area contributed by atoms with Gasteiger partial charge >= 0.3 is 6.09 Å². The van der Waals surface area contributed by atoms with Gasteiger partial charge in [-0.3, -0.25) is 4.79 Å². The first-order chi connectivity index (χ1) is 11.7. The second-order valence-electron chi connectivity index (χ2n) is 6.31. The van der Waals surface area contributed by atoms with E-state index in [1.54, 1.807) is 18.3 Å². The van der Waals surface area contributed by atoms with Crippen molar-refractivity contribution in [3.05, 3.63) is 45.5 Å². The standard InChI is InChI=1S/C17H20BrN3O3S/c1-17(2,3)24-16(23)19-9-8-11-4-6-12(7-5-11)14(22)21-13-10-20-15(18)25-13/h4-7,10H,8-9H2,1-3H3,(H,19,23)(H,21,22). The Labute approximate surface area is 159 Å². The molecule has 2 N–H and O–H groups in total. The zero-order valence-corrected chi connectivity index (χ0v) is 16.7. The maximum absolute atomic E-state index is 12.1. The first kappa shape index (κ1) is 19.4. The van der Waals surface area contributed by atoms with E-state index in [-0.39, 0.29) is 5.91 Å². The van der Waals surface area contributed by atoms with Crippen LogP contribution in [0.5, 0.6) is 0 Å². The zero-order chi connectivity index (χ0) is 18.4. The first-order valence-electron chi connectivity index (χ1n) is 7.71. The van der Waals surface area contributed by atoms with Crippen molar-refractivity contribution in [1.82, 2.24) is 10.3 Å². The second kappa shape index (κ2) is 8.44. The molecule has 0 atom stereocenters. The Hall–Kier alpha value is -1.93. The molecular formula is C17H20BrN3O3S. The minimum Gasteiger partial charge on any atom is -0.444 e. The second-order valence-corrected chi connectivity index (χ2v) is 8.61. The third kappa shape index (κ3) is 6.83. The van der Waals surface area contributed by atoms with Crippen LogP contribution in [0.1, 0.15) is 36.7 Å². The molecule has 2 aromatic rings. The van der Waals surface area contributed by atoms with Gasteiger partial charge in [0.1, 0.15) is 10.6 Å². The summed E-state index contributed by atoms with van der Waals surface area (Å²) >= 11 is 4.61. The highest BCUT2D eigenvalue weighted by atomic mass is 79.9. The molecule has 2 amide bonds. The summed E-state index contributed by atoms with van der Waals surface area (Å²) in [7, 11) is 0. The van der Waals surface area contributed by atoms with Gasteiger partial charge in [0.15, 0.2) is 3.92 Å². The summed E-state index contributed by atoms with van der Waals surface area (Å²) in [4.78, 5) is 27.7. The summed E-state index contributed by atoms with van der Waals surface area (Å²) in [6.45, 7) is 5.93. The van der Waals surface area contributed by atoms with E-state index in [2.05, 4.69) is 31.5 Å². The summed E-state index contributed by atoms with van der Waals surface area (Å²) in [6, 6.07) is 7.25. The average molecular weight is 426 g/mol. The van der Waals surface area contributed by atoms with E-state index in [9.17, 15) is 9.59 Å². The molecule has 1 heterocycles. The van der Waals surface area contributed by atoms with Gasteiger partial charge in [-0.25, -0.2) is 9.78 Å². The number of hydrogen-bond donors (Lipinski definition) is 2. The van der Waals surface area contributed by atoms with Crippen molar-refractivity contribution in [2.24, 2.45) is 0 Å². The molecule has 1 aromatic carbocycles. The molecule has 2 rings (SSSR count). The van der Waals surface area contributed by atoms with Crippen LogP contribution >= 0.6 is 27.3 Å². The number of benzene rings is 1. The molecule has 0 saturated carbocycles. The molecule has 0 bridgehead atoms. The number of anilines is 1. The van der Waals surface area contributed by atoms with Gasteiger partial charge in [-0.1, -0.05) is 23.5 Å². The van der Waals surface area contributed by atoms with Crippen LogP contribution in [0.25, 0.3) is 0 Å². The Morgan fingerprint density at radius 1 is 1.24 bits per heavy atom. The fourth-order valence-corrected chi connectivity index (χ4v) is 3.10. The van der Waals surface area contributed by atoms with Crippen molar-refractivity contribution in [3.8, 4) is 0 Å². The van der Waals surface area contributed by atoms with E-state index in [0.29, 0.717) is 23.5 Å². The number of rotatable bonds is 5. The van der Waals surface area contributed by atoms with Crippen molar-refractivity contribution in [2.45, 2.75) is 32.8 Å². The van der Waals surface area contributed by atoms with Gasteiger partial charge in [0, 0.05) is 12.1 Å². The first-order valence-corrected chi connectivity index (χ1v) is 9.32. The number of carbonyl (C=O) groups is 2. The minimum atomic E-state index is -0.507. The van der Waals surface area contributed by atoms with Crippen LogP contribution in [-0.2, 0) is 11.2 Å². The lowest BCUT2D eigenvalue weighted by Crippen LogP contribution is -2.33. The third-order valence-electron chi connectivity index (χ3n) is 3.01. The summed E-state index contributed by atoms with van der Waals surface area (Å²) in [5.41, 5.74) is 1.08. The number of ether oxygens (including phenoxy) is 1. The van der Waals surface area contributed by atoms with E-state index in [0.717, 1.165) is 9.48 Å². The van der Waals surface area contributed by atoms with Crippen molar-refractivity contribution in [3.63, 3.8) is 0 Å². The van der Waals surface area contributed by atoms with E-state index in [1.807, 2.05) is 32.9 Å². The fraction of sp³-hybridized carbons (Fsp3) is 0.353. The average Bonchev–Trinajstić information content (AvgIpc) is 2.91. The molecule has 8 heteroatoms. The number of hydrogen-bond acceptors (Lipinski definition) is 5. The molecule has 0 unspecified atom stereocenters. The monoisotopic (exact) mass is 425 g/mol. The predicted octanol–water partition coefficient (Wildman–Crippen LogP) is 4.23. The van der Waals surface area contributed by atoms with Gasteiger partial charge in [0.25, 0.3) is 5.91 Å². The van der Waals surface area contributed by atoms with Crippen LogP contribution in [-0.4, -0.2) is 29.1 Å². The fourth-order valence-electron chi connectivity index (χ4n) is 1.94. The molecule has 6 nitrogen and oxygen atoms in total. The number of carbonyl (C=O) groups excluding carboxylic acids is 2. The highest BCUT2D eigenvalue weighted by molar-refractivity contribution is 9.11. The van der Waals surface area contributed by atoms with Crippen LogP contribution < -0.4 is 10.6 Å². The summed E-state index contributed by atoms with van der Waals surface area (Å²) in [5.74, 6) is -0.186. The summed E-state index contributed by atoms with van der Waals surface area (Å²) in [5, 5.41) is 6.18. The Morgan fingerprint density at radius 2 is 1.92 bits per heavy atom. The molecule has 0 fully saturated rings. The number of nitrogens with one attached hydrogen (secondary N) is 2. The van der Waals surface area contributed by atoms with Gasteiger partial charge < -0.3 is 15.4 Å². The maximum atomic E-state index is 12.1. The number of nitrogens with zero attached hydrogens (tertiary/aromatic N) is 1. The number of amides is 2. The smallest absolute Gasteiger partial charge is 0.407 e. The number of halogens is 1. The Bertz CT molecular complexity index is 738. The Balaban J connectivity index is 1.81. The minimum absolute atomic E-state index is 0.186. The zero-order valence-electron chi connectivity index (χ0n) is 14.3. The molecule has 0 aliphatic heterocycles. The van der Waals surface area contributed by atoms with Gasteiger partial charge in [-0.05, 0) is 60.8 Å². The Morgan fingerprint density at radius 3 is 2.48 bits per heavy atom. The molecule has 0 saturated heterocycles. The van der Waals surface area contributed by atoms with Crippen molar-refractivity contribution in [2.75, 3.05) is 11.9 Å². The topological polar surface area (TPSA) is 80.3 Å². The summed E-state index contributed by atoms with van der Waals surface area (Å²) < 4.78 is 5.89. The van der Waals surface area contributed by atoms with Crippen LogP contribution in [0.4, 0.5) is 9.80 Å². The summed E-state index contributed by atoms with van der Waals surface area (Å²) in [6.07, 6.45) is 1.82. The van der Waals surface area contributed by atoms with Crippen LogP contribution in [0.15, 0.2) is 34.4 Å². The van der Waals surface area contributed by atoms with Crippen molar-refractivity contribution < 1.29 is 14.3 Å². The van der Waals surface area contributed by atoms with Gasteiger partial charge in [0.05, 0.1) is 6.20 Å². The molecule has 0 aliphatic rings. The van der Waals surface area contributed by atoms with E-state index in [1.165, 1.54) is 11.3 Å². The van der Waals surface area contributed by atoms with Gasteiger partial charge in [-0.15, -0.1) is 0 Å². The highest BCUT2D eigenvalue weighted by Crippen LogP contribution is 2.23. The molecule has 0 radical (unpaired) electrons. The molecule has 0 aliphatic carbocycles. The third-order valence-corrected chi connectivity index (χ3v) is 4.40. The van der Waals surface area contributed by atoms with Gasteiger partial charge in [0.2, 0.25) is 0 Å². The van der Waals surface area contributed by atoms with E-state index in [4.69, 9.17) is 4.74 Å². The molecule has 134 valence electrons. The number of alkyl carbamates (subject to hydrolysis) is 1. The number of thiazole rings is 1. The SMILES string of the molecule is CC(C)(C)OC(=O)NCCc1ccc(C(=O)Nc2cnc(Br)s2)cc1. The molecule has 0 spiro atoms. The maximum Gasteiger partial charge on any atom is 0.407 e. The molecule has 25 heavy (non-hydrogen) atoms. The van der Waals surface area contributed by atoms with Crippen molar-refractivity contribution >= 4 is 44.3 Å². The van der Waals surface area contributed by atoms with E-state index >= 15 is 0 Å². The molecule has 1 aromatic heterocycles. The largest absolute Gasteiger partial charge is 0.444 e. The van der Waals surface area contributed by atoms with Crippen LogP contribution in [0, 0.1) is 0 Å². The van der Waals surface area contributed by atoms with Crippen LogP contribution in [0.3, 0.4) is 0 Å². The lowest BCUT2D eigenvalue weighted by molar-refractivity contribution is 0.0528. The normalized spacial score (nSPS) is 11.0.